The third-order valence-electron chi connectivity index (χ3n) is 5.03. The minimum absolute atomic E-state index is 0.0402. The zero-order valence-electron chi connectivity index (χ0n) is 16.0. The molecule has 1 fully saturated rings. The lowest BCUT2D eigenvalue weighted by Crippen LogP contribution is -2.54. The number of ether oxygens (including phenoxy) is 1. The predicted molar refractivity (Wildman–Crippen MR) is 100 cm³/mol. The number of nitrogens with one attached hydrogen (secondary N) is 1. The van der Waals surface area contributed by atoms with Crippen LogP contribution < -0.4 is 10.1 Å². The van der Waals surface area contributed by atoms with Crippen molar-refractivity contribution in [3.63, 3.8) is 0 Å². The summed E-state index contributed by atoms with van der Waals surface area (Å²) < 4.78 is 5.70. The van der Waals surface area contributed by atoms with E-state index < -0.39 is 5.97 Å². The van der Waals surface area contributed by atoms with E-state index in [9.17, 15) is 9.59 Å². The number of amides is 1. The number of rotatable bonds is 10. The van der Waals surface area contributed by atoms with E-state index in [0.717, 1.165) is 18.6 Å². The van der Waals surface area contributed by atoms with Crippen LogP contribution in [-0.2, 0) is 9.59 Å². The van der Waals surface area contributed by atoms with Gasteiger partial charge in [-0.3, -0.25) is 14.5 Å². The van der Waals surface area contributed by atoms with Gasteiger partial charge in [0.2, 0.25) is 5.91 Å². The average molecular weight is 362 g/mol. The molecule has 1 aromatic carbocycles. The first-order chi connectivity index (χ1) is 12.4. The maximum Gasteiger partial charge on any atom is 0.317 e. The number of hydrogen-bond acceptors (Lipinski definition) is 4. The maximum atomic E-state index is 12.0. The van der Waals surface area contributed by atoms with Gasteiger partial charge in [0.05, 0.1) is 13.2 Å². The van der Waals surface area contributed by atoms with Crippen molar-refractivity contribution in [2.75, 3.05) is 19.7 Å². The van der Waals surface area contributed by atoms with Crippen molar-refractivity contribution >= 4 is 11.9 Å². The van der Waals surface area contributed by atoms with Crippen molar-refractivity contribution in [2.24, 2.45) is 0 Å². The normalized spacial score (nSPS) is 19.1. The van der Waals surface area contributed by atoms with Gasteiger partial charge in [0, 0.05) is 18.5 Å². The molecule has 2 N–H and O–H groups in total. The number of hydrogen-bond donors (Lipinski definition) is 2. The SMILES string of the molecule is CCN(CC(=O)O)C1CC(NC(=O)CCCOc2ccc(C)c(C)c2)C1. The lowest BCUT2D eigenvalue weighted by Gasteiger charge is -2.42. The molecule has 0 unspecified atom stereocenters. The van der Waals surface area contributed by atoms with Crippen LogP contribution in [0.5, 0.6) is 5.75 Å². The summed E-state index contributed by atoms with van der Waals surface area (Å²) >= 11 is 0. The second kappa shape index (κ2) is 9.57. The van der Waals surface area contributed by atoms with Crippen LogP contribution in [0.3, 0.4) is 0 Å². The van der Waals surface area contributed by atoms with Gasteiger partial charge in [-0.05, 0) is 62.9 Å². The molecule has 1 aliphatic carbocycles. The molecule has 0 radical (unpaired) electrons. The van der Waals surface area contributed by atoms with Gasteiger partial charge in [-0.2, -0.15) is 0 Å². The summed E-state index contributed by atoms with van der Waals surface area (Å²) in [6.07, 6.45) is 2.77. The number of carbonyl (C=O) groups excluding carboxylic acids is 1. The molecule has 6 nitrogen and oxygen atoms in total. The van der Waals surface area contributed by atoms with Gasteiger partial charge in [-0.1, -0.05) is 13.0 Å². The van der Waals surface area contributed by atoms with Crippen LogP contribution in [0.4, 0.5) is 0 Å². The maximum absolute atomic E-state index is 12.0. The Bertz CT molecular complexity index is 626. The molecular weight excluding hydrogens is 332 g/mol. The highest BCUT2D eigenvalue weighted by Crippen LogP contribution is 2.25. The van der Waals surface area contributed by atoms with Crippen molar-refractivity contribution in [1.82, 2.24) is 10.2 Å². The van der Waals surface area contributed by atoms with Gasteiger partial charge in [-0.15, -0.1) is 0 Å². The largest absolute Gasteiger partial charge is 0.494 e. The van der Waals surface area contributed by atoms with Crippen molar-refractivity contribution in [3.05, 3.63) is 29.3 Å². The van der Waals surface area contributed by atoms with E-state index in [4.69, 9.17) is 9.84 Å². The highest BCUT2D eigenvalue weighted by molar-refractivity contribution is 5.76. The number of aryl methyl sites for hydroxylation is 2. The monoisotopic (exact) mass is 362 g/mol. The molecule has 1 saturated carbocycles. The first kappa shape index (κ1) is 20.2. The van der Waals surface area contributed by atoms with E-state index in [0.29, 0.717) is 26.0 Å². The molecule has 0 spiro atoms. The molecule has 1 aromatic rings. The van der Waals surface area contributed by atoms with E-state index in [-0.39, 0.29) is 24.5 Å². The summed E-state index contributed by atoms with van der Waals surface area (Å²) in [6, 6.07) is 6.42. The Hall–Kier alpha value is -2.08. The summed E-state index contributed by atoms with van der Waals surface area (Å²) in [5, 5.41) is 11.9. The molecule has 2 rings (SSSR count). The highest BCUT2D eigenvalue weighted by Gasteiger charge is 2.34. The molecule has 0 aliphatic heterocycles. The van der Waals surface area contributed by atoms with Crippen LogP contribution in [0, 0.1) is 13.8 Å². The number of aliphatic carboxylic acids is 1. The standard InChI is InChI=1S/C20H30N2O4/c1-4-22(13-20(24)25)17-11-16(12-17)21-19(23)6-5-9-26-18-8-7-14(2)15(3)10-18/h7-8,10,16-17H,4-6,9,11-13H2,1-3H3,(H,21,23)(H,24,25). The number of carboxylic acid groups (broad SMARTS) is 1. The molecule has 1 aliphatic rings. The molecule has 0 aromatic heterocycles. The number of nitrogens with zero attached hydrogens (tertiary/aromatic N) is 1. The smallest absolute Gasteiger partial charge is 0.317 e. The zero-order valence-corrected chi connectivity index (χ0v) is 16.0. The third kappa shape index (κ3) is 6.02. The second-order valence-corrected chi connectivity index (χ2v) is 7.04. The Morgan fingerprint density at radius 3 is 2.62 bits per heavy atom. The first-order valence-electron chi connectivity index (χ1n) is 9.34. The fourth-order valence-electron chi connectivity index (χ4n) is 3.20. The lowest BCUT2D eigenvalue weighted by atomic mass is 9.85. The van der Waals surface area contributed by atoms with E-state index in [1.54, 1.807) is 0 Å². The first-order valence-corrected chi connectivity index (χ1v) is 9.34. The third-order valence-corrected chi connectivity index (χ3v) is 5.03. The van der Waals surface area contributed by atoms with Gasteiger partial charge in [0.15, 0.2) is 0 Å². The summed E-state index contributed by atoms with van der Waals surface area (Å²) in [7, 11) is 0. The Balaban J connectivity index is 1.60. The Morgan fingerprint density at radius 2 is 2.00 bits per heavy atom. The molecule has 144 valence electrons. The number of likely N-dealkylation sites (N-methyl/N-ethyl adjacent to an activating group) is 1. The minimum Gasteiger partial charge on any atom is -0.494 e. The second-order valence-electron chi connectivity index (χ2n) is 7.04. The molecule has 6 heteroatoms. The van der Waals surface area contributed by atoms with Gasteiger partial charge >= 0.3 is 5.97 Å². The molecule has 0 bridgehead atoms. The molecule has 0 atom stereocenters. The fourth-order valence-corrected chi connectivity index (χ4v) is 3.20. The summed E-state index contributed by atoms with van der Waals surface area (Å²) in [5.74, 6) is 0.0787. The van der Waals surface area contributed by atoms with Crippen LogP contribution >= 0.6 is 0 Å². The minimum atomic E-state index is -0.803. The number of carbonyl (C=O) groups is 2. The van der Waals surface area contributed by atoms with Crippen LogP contribution in [0.15, 0.2) is 18.2 Å². The van der Waals surface area contributed by atoms with Gasteiger partial charge in [0.1, 0.15) is 5.75 Å². The predicted octanol–water partition coefficient (Wildman–Crippen LogP) is 2.52. The summed E-state index contributed by atoms with van der Waals surface area (Å²) in [5.41, 5.74) is 2.43. The van der Waals surface area contributed by atoms with Gasteiger partial charge in [0.25, 0.3) is 0 Å². The van der Waals surface area contributed by atoms with Crippen LogP contribution in [0.2, 0.25) is 0 Å². The molecule has 0 saturated heterocycles. The fraction of sp³-hybridized carbons (Fsp3) is 0.600. The highest BCUT2D eigenvalue weighted by atomic mass is 16.5. The van der Waals surface area contributed by atoms with Crippen molar-refractivity contribution < 1.29 is 19.4 Å². The van der Waals surface area contributed by atoms with E-state index >= 15 is 0 Å². The lowest BCUT2D eigenvalue weighted by molar-refractivity contribution is -0.139. The van der Waals surface area contributed by atoms with Crippen LogP contribution in [0.25, 0.3) is 0 Å². The van der Waals surface area contributed by atoms with E-state index in [1.807, 2.05) is 30.0 Å². The summed E-state index contributed by atoms with van der Waals surface area (Å²) in [6.45, 7) is 7.38. The Kier molecular flexibility index (Phi) is 7.45. The van der Waals surface area contributed by atoms with Crippen molar-refractivity contribution in [2.45, 2.75) is 58.5 Å². The summed E-state index contributed by atoms with van der Waals surface area (Å²) in [4.78, 5) is 24.8. The average Bonchev–Trinajstić information content (AvgIpc) is 2.55. The van der Waals surface area contributed by atoms with Crippen molar-refractivity contribution in [3.8, 4) is 5.75 Å². The molecule has 1 amide bonds. The molecule has 26 heavy (non-hydrogen) atoms. The molecular formula is C20H30N2O4. The quantitative estimate of drug-likeness (QED) is 0.625. The van der Waals surface area contributed by atoms with Crippen molar-refractivity contribution in [1.29, 1.82) is 0 Å². The van der Waals surface area contributed by atoms with Gasteiger partial charge in [-0.25, -0.2) is 0 Å². The topological polar surface area (TPSA) is 78.9 Å². The van der Waals surface area contributed by atoms with Crippen LogP contribution in [0.1, 0.15) is 43.7 Å². The van der Waals surface area contributed by atoms with Gasteiger partial charge < -0.3 is 15.2 Å². The van der Waals surface area contributed by atoms with E-state index in [2.05, 4.69) is 19.2 Å². The number of carboxylic acids is 1. The number of benzene rings is 1. The van der Waals surface area contributed by atoms with E-state index in [1.165, 1.54) is 11.1 Å². The van der Waals surface area contributed by atoms with Crippen LogP contribution in [-0.4, -0.2) is 53.7 Å². The Morgan fingerprint density at radius 1 is 1.27 bits per heavy atom. The molecule has 0 heterocycles. The zero-order chi connectivity index (χ0) is 19.1. The Labute approximate surface area is 155 Å².